The van der Waals surface area contributed by atoms with E-state index in [1.807, 2.05) is 12.1 Å². The van der Waals surface area contributed by atoms with Gasteiger partial charge in [-0.15, -0.1) is 0 Å². The third-order valence-electron chi connectivity index (χ3n) is 2.48. The number of carbonyl (C=O) groups is 1. The van der Waals surface area contributed by atoms with Crippen LogP contribution < -0.4 is 10.1 Å². The second-order valence-corrected chi connectivity index (χ2v) is 5.81. The first-order valence-electron chi connectivity index (χ1n) is 5.90. The first-order valence-corrected chi connectivity index (χ1v) is 7.48. The summed E-state index contributed by atoms with van der Waals surface area (Å²) >= 11 is 6.76. The Morgan fingerprint density at radius 1 is 1.30 bits per heavy atom. The molecular weight excluding hydrogens is 388 g/mol. The molecule has 1 amide bonds. The zero-order chi connectivity index (χ0) is 14.5. The number of amides is 1. The van der Waals surface area contributed by atoms with Crippen LogP contribution in [0.25, 0.3) is 0 Å². The highest BCUT2D eigenvalue weighted by Gasteiger charge is 2.16. The summed E-state index contributed by atoms with van der Waals surface area (Å²) in [5.74, 6) is 0.859. The number of aromatic nitrogens is 1. The molecular formula is C14H12Br2N2O2. The molecule has 0 fully saturated rings. The van der Waals surface area contributed by atoms with Crippen LogP contribution in [0.5, 0.6) is 5.75 Å². The molecule has 2 rings (SSSR count). The number of ether oxygens (including phenoxy) is 1. The summed E-state index contributed by atoms with van der Waals surface area (Å²) in [5, 5.41) is 2.69. The maximum Gasteiger partial charge on any atom is 0.266 e. The van der Waals surface area contributed by atoms with Crippen molar-refractivity contribution in [2.24, 2.45) is 0 Å². The van der Waals surface area contributed by atoms with Crippen molar-refractivity contribution in [3.05, 3.63) is 51.5 Å². The van der Waals surface area contributed by atoms with Crippen LogP contribution in [-0.2, 0) is 4.79 Å². The predicted molar refractivity (Wildman–Crippen MR) is 84.8 cm³/mol. The zero-order valence-electron chi connectivity index (χ0n) is 10.6. The van der Waals surface area contributed by atoms with Gasteiger partial charge in [-0.25, -0.2) is 4.98 Å². The highest BCUT2D eigenvalue weighted by atomic mass is 79.9. The number of hydrogen-bond acceptors (Lipinski definition) is 3. The zero-order valence-corrected chi connectivity index (χ0v) is 13.8. The van der Waals surface area contributed by atoms with Gasteiger partial charge in [-0.2, -0.15) is 0 Å². The van der Waals surface area contributed by atoms with Crippen LogP contribution in [-0.4, -0.2) is 17.0 Å². The van der Waals surface area contributed by atoms with Gasteiger partial charge in [-0.05, 0) is 53.2 Å². The largest absolute Gasteiger partial charge is 0.480 e. The first-order chi connectivity index (χ1) is 9.56. The summed E-state index contributed by atoms with van der Waals surface area (Å²) in [6.45, 7) is 1.69. The second-order valence-electron chi connectivity index (χ2n) is 4.04. The average molecular weight is 400 g/mol. The van der Waals surface area contributed by atoms with Crippen molar-refractivity contribution < 1.29 is 9.53 Å². The highest BCUT2D eigenvalue weighted by molar-refractivity contribution is 9.11. The van der Waals surface area contributed by atoms with Crippen molar-refractivity contribution in [2.45, 2.75) is 13.0 Å². The van der Waals surface area contributed by atoms with Crippen molar-refractivity contribution in [1.29, 1.82) is 0 Å². The van der Waals surface area contributed by atoms with E-state index in [0.717, 1.165) is 8.95 Å². The topological polar surface area (TPSA) is 51.2 Å². The Morgan fingerprint density at radius 2 is 2.10 bits per heavy atom. The summed E-state index contributed by atoms with van der Waals surface area (Å²) in [6.07, 6.45) is 0.987. The molecule has 0 saturated heterocycles. The van der Waals surface area contributed by atoms with E-state index in [4.69, 9.17) is 4.74 Å². The van der Waals surface area contributed by atoms with E-state index in [0.29, 0.717) is 11.6 Å². The summed E-state index contributed by atoms with van der Waals surface area (Å²) in [6, 6.07) is 10.8. The number of carbonyl (C=O) groups excluding carboxylic acids is 1. The molecule has 1 atom stereocenters. The minimum absolute atomic E-state index is 0.251. The molecule has 1 aromatic heterocycles. The van der Waals surface area contributed by atoms with Crippen molar-refractivity contribution in [3.8, 4) is 5.75 Å². The number of nitrogens with one attached hydrogen (secondary N) is 1. The summed E-state index contributed by atoms with van der Waals surface area (Å²) in [4.78, 5) is 16.0. The van der Waals surface area contributed by atoms with E-state index in [2.05, 4.69) is 42.2 Å². The van der Waals surface area contributed by atoms with E-state index in [9.17, 15) is 4.79 Å². The quantitative estimate of drug-likeness (QED) is 0.844. The molecule has 0 aliphatic rings. The molecule has 6 heteroatoms. The fourth-order valence-electron chi connectivity index (χ4n) is 1.48. The second kappa shape index (κ2) is 6.85. The van der Waals surface area contributed by atoms with Gasteiger partial charge < -0.3 is 10.1 Å². The van der Waals surface area contributed by atoms with Crippen LogP contribution in [0.4, 0.5) is 5.82 Å². The van der Waals surface area contributed by atoms with E-state index in [-0.39, 0.29) is 5.91 Å². The molecule has 2 aromatic rings. The Bertz CT molecular complexity index is 605. The van der Waals surface area contributed by atoms with Crippen LogP contribution in [0.1, 0.15) is 6.92 Å². The average Bonchev–Trinajstić information content (AvgIpc) is 2.43. The molecule has 20 heavy (non-hydrogen) atoms. The van der Waals surface area contributed by atoms with Gasteiger partial charge in [0.15, 0.2) is 6.10 Å². The van der Waals surface area contributed by atoms with Gasteiger partial charge in [0, 0.05) is 10.7 Å². The molecule has 0 saturated carbocycles. The lowest BCUT2D eigenvalue weighted by molar-refractivity contribution is -0.122. The molecule has 0 aliphatic heterocycles. The Labute approximate surface area is 133 Å². The monoisotopic (exact) mass is 398 g/mol. The maximum absolute atomic E-state index is 12.0. The molecule has 4 nitrogen and oxygen atoms in total. The molecule has 0 radical (unpaired) electrons. The van der Waals surface area contributed by atoms with Crippen LogP contribution in [0.2, 0.25) is 0 Å². The van der Waals surface area contributed by atoms with Gasteiger partial charge in [-0.1, -0.05) is 22.0 Å². The predicted octanol–water partition coefficient (Wildman–Crippen LogP) is 4.01. The molecule has 1 heterocycles. The van der Waals surface area contributed by atoms with Crippen molar-refractivity contribution >= 4 is 43.6 Å². The SMILES string of the molecule is C[C@H](Oc1ccc(Br)cc1Br)C(=O)Nc1ccccn1. The summed E-state index contributed by atoms with van der Waals surface area (Å²) in [7, 11) is 0. The fraction of sp³-hybridized carbons (Fsp3) is 0.143. The normalized spacial score (nSPS) is 11.8. The van der Waals surface area contributed by atoms with Gasteiger partial charge in [0.1, 0.15) is 11.6 Å². The number of nitrogens with zero attached hydrogens (tertiary/aromatic N) is 1. The number of anilines is 1. The van der Waals surface area contributed by atoms with E-state index in [1.165, 1.54) is 0 Å². The minimum atomic E-state index is -0.630. The van der Waals surface area contributed by atoms with Gasteiger partial charge in [0.2, 0.25) is 0 Å². The number of benzene rings is 1. The third kappa shape index (κ3) is 4.05. The first kappa shape index (κ1) is 15.0. The van der Waals surface area contributed by atoms with Crippen LogP contribution in [0.3, 0.4) is 0 Å². The molecule has 104 valence electrons. The minimum Gasteiger partial charge on any atom is -0.480 e. The molecule has 0 spiro atoms. The Hall–Kier alpha value is -1.40. The van der Waals surface area contributed by atoms with Gasteiger partial charge in [0.05, 0.1) is 4.47 Å². The smallest absolute Gasteiger partial charge is 0.266 e. The van der Waals surface area contributed by atoms with Crippen molar-refractivity contribution in [3.63, 3.8) is 0 Å². The number of hydrogen-bond donors (Lipinski definition) is 1. The number of rotatable bonds is 4. The lowest BCUT2D eigenvalue weighted by atomic mass is 10.3. The Kier molecular flexibility index (Phi) is 5.14. The van der Waals surface area contributed by atoms with Crippen molar-refractivity contribution in [2.75, 3.05) is 5.32 Å². The van der Waals surface area contributed by atoms with Gasteiger partial charge >= 0.3 is 0 Å². The molecule has 0 unspecified atom stereocenters. The standard InChI is InChI=1S/C14H12Br2N2O2/c1-9(14(19)18-13-4-2-3-7-17-13)20-12-6-5-10(15)8-11(12)16/h2-9H,1H3,(H,17,18,19)/t9-/m0/s1. The van der Waals surface area contributed by atoms with Gasteiger partial charge in [-0.3, -0.25) is 4.79 Å². The molecule has 0 bridgehead atoms. The van der Waals surface area contributed by atoms with Crippen molar-refractivity contribution in [1.82, 2.24) is 4.98 Å². The van der Waals surface area contributed by atoms with Crippen LogP contribution in [0.15, 0.2) is 51.5 Å². The fourth-order valence-corrected chi connectivity index (χ4v) is 2.62. The third-order valence-corrected chi connectivity index (χ3v) is 3.60. The van der Waals surface area contributed by atoms with Crippen LogP contribution in [0, 0.1) is 0 Å². The lowest BCUT2D eigenvalue weighted by Gasteiger charge is -2.15. The maximum atomic E-state index is 12.0. The van der Waals surface area contributed by atoms with Gasteiger partial charge in [0.25, 0.3) is 5.91 Å². The number of pyridine rings is 1. The summed E-state index contributed by atoms with van der Waals surface area (Å²) in [5.41, 5.74) is 0. The van der Waals surface area contributed by atoms with Crippen LogP contribution >= 0.6 is 31.9 Å². The Morgan fingerprint density at radius 3 is 2.75 bits per heavy atom. The number of halogens is 2. The van der Waals surface area contributed by atoms with E-state index in [1.54, 1.807) is 37.4 Å². The summed E-state index contributed by atoms with van der Waals surface area (Å²) < 4.78 is 7.34. The Balaban J connectivity index is 2.00. The van der Waals surface area contributed by atoms with E-state index >= 15 is 0 Å². The molecule has 0 aliphatic carbocycles. The highest BCUT2D eigenvalue weighted by Crippen LogP contribution is 2.29. The lowest BCUT2D eigenvalue weighted by Crippen LogP contribution is -2.30. The molecule has 1 aromatic carbocycles. The molecule has 1 N–H and O–H groups in total. The van der Waals surface area contributed by atoms with E-state index < -0.39 is 6.10 Å².